The molecule has 100 valence electrons. The molecule has 0 radical (unpaired) electrons. The highest BCUT2D eigenvalue weighted by atomic mass is 32.2. The smallest absolute Gasteiger partial charge is 0.154 e. The topological polar surface area (TPSA) is 55.4 Å². The average Bonchev–Trinajstić information content (AvgIpc) is 2.57. The lowest BCUT2D eigenvalue weighted by Crippen LogP contribution is -2.18. The number of ether oxygens (including phenoxy) is 1. The fourth-order valence-corrected chi connectivity index (χ4v) is 3.63. The van der Waals surface area contributed by atoms with Crippen molar-refractivity contribution in [2.24, 2.45) is 0 Å². The minimum absolute atomic E-state index is 0.0187. The molecular formula is C12H16FNO3S. The predicted octanol–water partition coefficient (Wildman–Crippen LogP) is 1.11. The summed E-state index contributed by atoms with van der Waals surface area (Å²) in [5.41, 5.74) is 0.772. The van der Waals surface area contributed by atoms with E-state index in [0.29, 0.717) is 18.7 Å². The summed E-state index contributed by atoms with van der Waals surface area (Å²) in [5.74, 6) is 0.183. The van der Waals surface area contributed by atoms with E-state index < -0.39 is 9.84 Å². The molecule has 18 heavy (non-hydrogen) atoms. The number of nitrogens with one attached hydrogen (secondary N) is 1. The number of rotatable bonds is 4. The molecule has 0 saturated carbocycles. The third kappa shape index (κ3) is 3.43. The van der Waals surface area contributed by atoms with Crippen LogP contribution in [0.3, 0.4) is 0 Å². The van der Waals surface area contributed by atoms with Crippen LogP contribution in [0.4, 0.5) is 4.39 Å². The van der Waals surface area contributed by atoms with Crippen LogP contribution in [0.2, 0.25) is 0 Å². The average molecular weight is 273 g/mol. The van der Waals surface area contributed by atoms with Crippen molar-refractivity contribution in [3.8, 4) is 5.75 Å². The Bertz CT molecular complexity index is 530. The molecular weight excluding hydrogens is 257 g/mol. The molecule has 0 spiro atoms. The highest BCUT2D eigenvalue weighted by molar-refractivity contribution is 7.91. The number of benzene rings is 1. The van der Waals surface area contributed by atoms with Crippen LogP contribution >= 0.6 is 0 Å². The van der Waals surface area contributed by atoms with E-state index in [4.69, 9.17) is 4.74 Å². The van der Waals surface area contributed by atoms with Gasteiger partial charge in [0.1, 0.15) is 17.7 Å². The van der Waals surface area contributed by atoms with Crippen LogP contribution in [0.1, 0.15) is 12.0 Å². The summed E-state index contributed by atoms with van der Waals surface area (Å²) in [6, 6.07) is 4.43. The number of sulfone groups is 1. The maximum Gasteiger partial charge on any atom is 0.154 e. The van der Waals surface area contributed by atoms with Crippen LogP contribution in [0.15, 0.2) is 18.2 Å². The Morgan fingerprint density at radius 2 is 2.22 bits per heavy atom. The highest BCUT2D eigenvalue weighted by Gasteiger charge is 2.29. The van der Waals surface area contributed by atoms with E-state index in [1.807, 2.05) is 0 Å². The van der Waals surface area contributed by atoms with Gasteiger partial charge in [-0.2, -0.15) is 0 Å². The van der Waals surface area contributed by atoms with E-state index in [2.05, 4.69) is 5.32 Å². The van der Waals surface area contributed by atoms with Gasteiger partial charge in [-0.05, 0) is 31.2 Å². The molecule has 1 heterocycles. The molecule has 1 aromatic carbocycles. The van der Waals surface area contributed by atoms with Crippen molar-refractivity contribution in [2.45, 2.75) is 19.1 Å². The van der Waals surface area contributed by atoms with Crippen LogP contribution in [0, 0.1) is 5.82 Å². The summed E-state index contributed by atoms with van der Waals surface area (Å²) in [6.45, 7) is 0.539. The van der Waals surface area contributed by atoms with Gasteiger partial charge in [0.05, 0.1) is 11.5 Å². The normalized spacial score (nSPS) is 22.0. The largest absolute Gasteiger partial charge is 0.489 e. The van der Waals surface area contributed by atoms with Crippen molar-refractivity contribution in [1.29, 1.82) is 0 Å². The fourth-order valence-electron chi connectivity index (χ4n) is 2.04. The van der Waals surface area contributed by atoms with Gasteiger partial charge in [0, 0.05) is 12.6 Å². The fraction of sp³-hybridized carbons (Fsp3) is 0.500. The summed E-state index contributed by atoms with van der Waals surface area (Å²) in [7, 11) is -1.20. The lowest BCUT2D eigenvalue weighted by molar-refractivity contribution is 0.227. The molecule has 0 aromatic heterocycles. The Kier molecular flexibility index (Phi) is 3.87. The molecule has 0 bridgehead atoms. The Hall–Kier alpha value is -1.14. The quantitative estimate of drug-likeness (QED) is 0.893. The van der Waals surface area contributed by atoms with E-state index >= 15 is 0 Å². The van der Waals surface area contributed by atoms with Gasteiger partial charge in [0.25, 0.3) is 0 Å². The molecule has 1 aliphatic rings. The van der Waals surface area contributed by atoms with E-state index in [0.717, 1.165) is 5.56 Å². The molecule has 1 aliphatic heterocycles. The summed E-state index contributed by atoms with van der Waals surface area (Å²) in [6.07, 6.45) is 0.111. The van der Waals surface area contributed by atoms with Gasteiger partial charge in [-0.15, -0.1) is 0 Å². The molecule has 6 heteroatoms. The third-order valence-corrected chi connectivity index (χ3v) is 4.54. The van der Waals surface area contributed by atoms with Crippen molar-refractivity contribution < 1.29 is 17.5 Å². The molecule has 1 atom stereocenters. The predicted molar refractivity (Wildman–Crippen MR) is 66.9 cm³/mol. The minimum Gasteiger partial charge on any atom is -0.489 e. The zero-order valence-corrected chi connectivity index (χ0v) is 11.0. The third-order valence-electron chi connectivity index (χ3n) is 2.81. The monoisotopic (exact) mass is 273 g/mol. The van der Waals surface area contributed by atoms with E-state index in [1.54, 1.807) is 13.1 Å². The minimum atomic E-state index is -2.98. The van der Waals surface area contributed by atoms with Crippen LogP contribution in [0.5, 0.6) is 5.75 Å². The van der Waals surface area contributed by atoms with Crippen LogP contribution in [-0.2, 0) is 16.4 Å². The molecule has 0 amide bonds. The number of hydrogen-bond donors (Lipinski definition) is 1. The number of hydrogen-bond acceptors (Lipinski definition) is 4. The lowest BCUT2D eigenvalue weighted by Gasteiger charge is -2.13. The van der Waals surface area contributed by atoms with Crippen molar-refractivity contribution in [3.63, 3.8) is 0 Å². The highest BCUT2D eigenvalue weighted by Crippen LogP contribution is 2.22. The van der Waals surface area contributed by atoms with Gasteiger partial charge in [0.2, 0.25) is 0 Å². The molecule has 0 aliphatic carbocycles. The van der Waals surface area contributed by atoms with E-state index in [9.17, 15) is 12.8 Å². The first kappa shape index (κ1) is 13.3. The van der Waals surface area contributed by atoms with Gasteiger partial charge >= 0.3 is 0 Å². The van der Waals surface area contributed by atoms with Crippen molar-refractivity contribution in [2.75, 3.05) is 18.6 Å². The van der Waals surface area contributed by atoms with E-state index in [-0.39, 0.29) is 23.4 Å². The molecule has 4 nitrogen and oxygen atoms in total. The van der Waals surface area contributed by atoms with Gasteiger partial charge in [0.15, 0.2) is 9.84 Å². The van der Waals surface area contributed by atoms with Crippen molar-refractivity contribution in [1.82, 2.24) is 5.32 Å². The second-order valence-electron chi connectivity index (χ2n) is 4.47. The van der Waals surface area contributed by atoms with Crippen molar-refractivity contribution >= 4 is 9.84 Å². The first-order valence-corrected chi connectivity index (χ1v) is 7.62. The lowest BCUT2D eigenvalue weighted by atomic mass is 10.2. The van der Waals surface area contributed by atoms with Crippen LogP contribution < -0.4 is 10.1 Å². The van der Waals surface area contributed by atoms with Crippen LogP contribution in [-0.4, -0.2) is 33.1 Å². The standard InChI is InChI=1S/C12H16FNO3S/c1-14-7-9-4-10(13)6-12(5-9)17-11-2-3-18(15,16)8-11/h4-6,11,14H,2-3,7-8H2,1H3. The Morgan fingerprint density at radius 1 is 1.44 bits per heavy atom. The van der Waals surface area contributed by atoms with E-state index in [1.165, 1.54) is 12.1 Å². The maximum absolute atomic E-state index is 13.4. The molecule has 1 fully saturated rings. The van der Waals surface area contributed by atoms with Gasteiger partial charge in [-0.25, -0.2) is 12.8 Å². The van der Waals surface area contributed by atoms with Crippen LogP contribution in [0.25, 0.3) is 0 Å². The molecule has 1 saturated heterocycles. The number of halogens is 1. The second kappa shape index (κ2) is 5.24. The first-order chi connectivity index (χ1) is 8.48. The zero-order chi connectivity index (χ0) is 13.2. The summed E-state index contributed by atoms with van der Waals surface area (Å²) in [5, 5.41) is 2.93. The Labute approximate surface area is 106 Å². The Morgan fingerprint density at radius 3 is 2.83 bits per heavy atom. The SMILES string of the molecule is CNCc1cc(F)cc(OC2CCS(=O)(=O)C2)c1. The van der Waals surface area contributed by atoms with Crippen molar-refractivity contribution in [3.05, 3.63) is 29.6 Å². The first-order valence-electron chi connectivity index (χ1n) is 5.80. The molecule has 2 rings (SSSR count). The van der Waals surface area contributed by atoms with Gasteiger partial charge in [-0.3, -0.25) is 0 Å². The van der Waals surface area contributed by atoms with Gasteiger partial charge < -0.3 is 10.1 Å². The Balaban J connectivity index is 2.09. The summed E-state index contributed by atoms with van der Waals surface area (Å²) < 4.78 is 41.5. The molecule has 1 unspecified atom stereocenters. The van der Waals surface area contributed by atoms with Gasteiger partial charge in [-0.1, -0.05) is 0 Å². The summed E-state index contributed by atoms with van der Waals surface area (Å²) in [4.78, 5) is 0. The second-order valence-corrected chi connectivity index (χ2v) is 6.70. The zero-order valence-electron chi connectivity index (χ0n) is 10.1. The summed E-state index contributed by atoms with van der Waals surface area (Å²) >= 11 is 0. The molecule has 1 aromatic rings. The molecule has 1 N–H and O–H groups in total. The maximum atomic E-state index is 13.4.